The van der Waals surface area contributed by atoms with Crippen molar-refractivity contribution in [2.24, 2.45) is 0 Å². The molecule has 0 heterocycles. The predicted molar refractivity (Wildman–Crippen MR) is 78.7 cm³/mol. The molecule has 0 unspecified atom stereocenters. The summed E-state index contributed by atoms with van der Waals surface area (Å²) < 4.78 is 13.7. The van der Waals surface area contributed by atoms with Gasteiger partial charge in [-0.1, -0.05) is 30.7 Å². The van der Waals surface area contributed by atoms with Gasteiger partial charge in [0.05, 0.1) is 12.2 Å². The maximum Gasteiger partial charge on any atom is 0.138 e. The molecule has 1 aromatic carbocycles. The first-order valence-electron chi connectivity index (χ1n) is 7.29. The van der Waals surface area contributed by atoms with Gasteiger partial charge in [-0.2, -0.15) is 0 Å². The lowest BCUT2D eigenvalue weighted by Crippen LogP contribution is -2.28. The van der Waals surface area contributed by atoms with E-state index in [1.807, 2.05) is 12.1 Å². The standard InChI is InChI=1S/C17H22FNO/c1-19(16-7-2-3-8-16)13-14-9-10-17(18)15(12-14)6-4-5-11-20/h9-10,12,16,20H,2-3,5,7-8,11,13H2,1H3. The molecule has 1 N–H and O–H groups in total. The average Bonchev–Trinajstić information content (AvgIpc) is 2.96. The summed E-state index contributed by atoms with van der Waals surface area (Å²) in [6.45, 7) is 0.846. The maximum absolute atomic E-state index is 13.7. The topological polar surface area (TPSA) is 23.5 Å². The van der Waals surface area contributed by atoms with Crippen molar-refractivity contribution in [1.29, 1.82) is 0 Å². The number of hydrogen-bond donors (Lipinski definition) is 1. The van der Waals surface area contributed by atoms with Crippen molar-refractivity contribution in [2.45, 2.75) is 44.7 Å². The van der Waals surface area contributed by atoms with Gasteiger partial charge < -0.3 is 5.11 Å². The highest BCUT2D eigenvalue weighted by molar-refractivity contribution is 5.38. The quantitative estimate of drug-likeness (QED) is 0.854. The van der Waals surface area contributed by atoms with Gasteiger partial charge in [0.1, 0.15) is 5.82 Å². The lowest BCUT2D eigenvalue weighted by Gasteiger charge is -2.24. The summed E-state index contributed by atoms with van der Waals surface area (Å²) in [5.41, 5.74) is 1.52. The summed E-state index contributed by atoms with van der Waals surface area (Å²) in [6.07, 6.45) is 5.54. The highest BCUT2D eigenvalue weighted by atomic mass is 19.1. The van der Waals surface area contributed by atoms with E-state index < -0.39 is 0 Å². The minimum atomic E-state index is -0.289. The Morgan fingerprint density at radius 1 is 1.35 bits per heavy atom. The fourth-order valence-corrected chi connectivity index (χ4v) is 2.74. The molecule has 0 aromatic heterocycles. The van der Waals surface area contributed by atoms with E-state index in [9.17, 15) is 4.39 Å². The maximum atomic E-state index is 13.7. The van der Waals surface area contributed by atoms with E-state index in [1.165, 1.54) is 31.7 Å². The molecule has 0 amide bonds. The molecule has 2 rings (SSSR count). The van der Waals surface area contributed by atoms with E-state index in [1.54, 1.807) is 0 Å². The summed E-state index contributed by atoms with van der Waals surface area (Å²) in [4.78, 5) is 2.35. The summed E-state index contributed by atoms with van der Waals surface area (Å²) >= 11 is 0. The number of aliphatic hydroxyl groups is 1. The van der Waals surface area contributed by atoms with Crippen molar-refractivity contribution < 1.29 is 9.50 Å². The lowest BCUT2D eigenvalue weighted by molar-refractivity contribution is 0.237. The Morgan fingerprint density at radius 3 is 2.80 bits per heavy atom. The van der Waals surface area contributed by atoms with Crippen LogP contribution in [0.25, 0.3) is 0 Å². The largest absolute Gasteiger partial charge is 0.395 e. The van der Waals surface area contributed by atoms with Crippen LogP contribution in [0.15, 0.2) is 18.2 Å². The highest BCUT2D eigenvalue weighted by Crippen LogP contribution is 2.24. The zero-order chi connectivity index (χ0) is 14.4. The van der Waals surface area contributed by atoms with Crippen LogP contribution in [0.3, 0.4) is 0 Å². The zero-order valence-electron chi connectivity index (χ0n) is 12.0. The molecule has 20 heavy (non-hydrogen) atoms. The Labute approximate surface area is 120 Å². The molecule has 1 aliphatic rings. The third-order valence-electron chi connectivity index (χ3n) is 3.87. The van der Waals surface area contributed by atoms with E-state index in [2.05, 4.69) is 23.8 Å². The van der Waals surface area contributed by atoms with Gasteiger partial charge in [-0.25, -0.2) is 4.39 Å². The molecular formula is C17H22FNO. The van der Waals surface area contributed by atoms with E-state index in [4.69, 9.17) is 5.11 Å². The molecule has 108 valence electrons. The van der Waals surface area contributed by atoms with Gasteiger partial charge in [0.25, 0.3) is 0 Å². The minimum absolute atomic E-state index is 0.0126. The Kier molecular flexibility index (Phi) is 5.58. The molecule has 0 radical (unpaired) electrons. The smallest absolute Gasteiger partial charge is 0.138 e. The van der Waals surface area contributed by atoms with Crippen LogP contribution in [-0.4, -0.2) is 29.7 Å². The van der Waals surface area contributed by atoms with Crippen molar-refractivity contribution >= 4 is 0 Å². The number of hydrogen-bond acceptors (Lipinski definition) is 2. The third kappa shape index (κ3) is 4.06. The molecule has 0 spiro atoms. The number of rotatable bonds is 4. The van der Waals surface area contributed by atoms with Gasteiger partial charge in [-0.3, -0.25) is 4.90 Å². The van der Waals surface area contributed by atoms with Crippen molar-refractivity contribution in [1.82, 2.24) is 4.90 Å². The first-order valence-corrected chi connectivity index (χ1v) is 7.29. The van der Waals surface area contributed by atoms with Crippen molar-refractivity contribution in [2.75, 3.05) is 13.7 Å². The summed E-state index contributed by atoms with van der Waals surface area (Å²) in [5, 5.41) is 8.71. The Balaban J connectivity index is 2.05. The first-order chi connectivity index (χ1) is 9.70. The Hall–Kier alpha value is -1.37. The second-order valence-electron chi connectivity index (χ2n) is 5.44. The van der Waals surface area contributed by atoms with Gasteiger partial charge in [0.2, 0.25) is 0 Å². The fourth-order valence-electron chi connectivity index (χ4n) is 2.74. The molecule has 1 fully saturated rings. The second-order valence-corrected chi connectivity index (χ2v) is 5.44. The normalized spacial score (nSPS) is 15.4. The molecule has 0 atom stereocenters. The van der Waals surface area contributed by atoms with Crippen LogP contribution in [0.4, 0.5) is 4.39 Å². The van der Waals surface area contributed by atoms with Gasteiger partial charge >= 0.3 is 0 Å². The van der Waals surface area contributed by atoms with Crippen LogP contribution in [0.1, 0.15) is 43.2 Å². The van der Waals surface area contributed by atoms with Crippen LogP contribution < -0.4 is 0 Å². The van der Waals surface area contributed by atoms with Crippen molar-refractivity contribution in [3.63, 3.8) is 0 Å². The van der Waals surface area contributed by atoms with E-state index in [0.717, 1.165) is 12.1 Å². The highest BCUT2D eigenvalue weighted by Gasteiger charge is 2.19. The fraction of sp³-hybridized carbons (Fsp3) is 0.529. The van der Waals surface area contributed by atoms with Crippen LogP contribution in [-0.2, 0) is 6.54 Å². The predicted octanol–water partition coefficient (Wildman–Crippen LogP) is 2.93. The minimum Gasteiger partial charge on any atom is -0.395 e. The molecule has 0 saturated heterocycles. The third-order valence-corrected chi connectivity index (χ3v) is 3.87. The number of aliphatic hydroxyl groups excluding tert-OH is 1. The molecule has 2 nitrogen and oxygen atoms in total. The summed E-state index contributed by atoms with van der Waals surface area (Å²) in [7, 11) is 2.14. The van der Waals surface area contributed by atoms with Crippen molar-refractivity contribution in [3.05, 3.63) is 35.1 Å². The Bertz CT molecular complexity index is 497. The second kappa shape index (κ2) is 7.42. The van der Waals surface area contributed by atoms with Crippen LogP contribution in [0, 0.1) is 17.7 Å². The molecule has 3 heteroatoms. The molecule has 0 bridgehead atoms. The first kappa shape index (κ1) is 15.0. The van der Waals surface area contributed by atoms with Gasteiger partial charge in [-0.05, 0) is 37.6 Å². The molecule has 1 saturated carbocycles. The molecular weight excluding hydrogens is 253 g/mol. The van der Waals surface area contributed by atoms with Gasteiger partial charge in [0, 0.05) is 19.0 Å². The van der Waals surface area contributed by atoms with E-state index in [-0.39, 0.29) is 12.4 Å². The Morgan fingerprint density at radius 2 is 2.10 bits per heavy atom. The monoisotopic (exact) mass is 275 g/mol. The number of benzene rings is 1. The van der Waals surface area contributed by atoms with Crippen LogP contribution >= 0.6 is 0 Å². The lowest BCUT2D eigenvalue weighted by atomic mass is 10.1. The van der Waals surface area contributed by atoms with Crippen LogP contribution in [0.2, 0.25) is 0 Å². The van der Waals surface area contributed by atoms with Gasteiger partial charge in [0.15, 0.2) is 0 Å². The SMILES string of the molecule is CN(Cc1ccc(F)c(C#CCCO)c1)C1CCCC1. The molecule has 0 aliphatic heterocycles. The van der Waals surface area contributed by atoms with Crippen LogP contribution in [0.5, 0.6) is 0 Å². The van der Waals surface area contributed by atoms with E-state index in [0.29, 0.717) is 18.0 Å². The van der Waals surface area contributed by atoms with Gasteiger partial charge in [-0.15, -0.1) is 0 Å². The average molecular weight is 275 g/mol. The molecule has 1 aromatic rings. The molecule has 1 aliphatic carbocycles. The van der Waals surface area contributed by atoms with Crippen molar-refractivity contribution in [3.8, 4) is 11.8 Å². The van der Waals surface area contributed by atoms with E-state index >= 15 is 0 Å². The zero-order valence-corrected chi connectivity index (χ0v) is 12.0. The summed E-state index contributed by atoms with van der Waals surface area (Å²) in [5.74, 6) is 5.28. The number of nitrogens with zero attached hydrogens (tertiary/aromatic N) is 1. The number of halogens is 1. The summed E-state index contributed by atoms with van der Waals surface area (Å²) in [6, 6.07) is 5.80.